The number of aromatic amines is 2. The topological polar surface area (TPSA) is 89.8 Å². The van der Waals surface area contributed by atoms with Gasteiger partial charge < -0.3 is 20.6 Å². The number of carbonyl (C=O) groups is 1. The van der Waals surface area contributed by atoms with E-state index < -0.39 is 0 Å². The van der Waals surface area contributed by atoms with Gasteiger partial charge in [0.1, 0.15) is 0 Å². The van der Waals surface area contributed by atoms with E-state index in [9.17, 15) is 9.59 Å². The van der Waals surface area contributed by atoms with Gasteiger partial charge in [-0.25, -0.2) is 9.59 Å². The van der Waals surface area contributed by atoms with Crippen molar-refractivity contribution in [3.8, 4) is 0 Å². The molecule has 2 aromatic rings. The van der Waals surface area contributed by atoms with Crippen LogP contribution < -0.4 is 16.3 Å². The number of aromatic nitrogens is 2. The Morgan fingerprint density at radius 1 is 1.14 bits per heavy atom. The smallest absolute Gasteiger partial charge is 0.323 e. The zero-order chi connectivity index (χ0) is 14.8. The minimum Gasteiger partial charge on any atom is -0.335 e. The lowest BCUT2D eigenvalue weighted by atomic mass is 9.96. The van der Waals surface area contributed by atoms with Crippen LogP contribution in [0.5, 0.6) is 0 Å². The number of hydrogen-bond acceptors (Lipinski definition) is 2. The summed E-state index contributed by atoms with van der Waals surface area (Å²) in [5, 5.41) is 5.89. The molecule has 21 heavy (non-hydrogen) atoms. The van der Waals surface area contributed by atoms with Crippen LogP contribution >= 0.6 is 0 Å². The Kier molecular flexibility index (Phi) is 3.68. The maximum atomic E-state index is 12.1. The third kappa shape index (κ3) is 3.09. The van der Waals surface area contributed by atoms with Gasteiger partial charge in [0.05, 0.1) is 11.0 Å². The van der Waals surface area contributed by atoms with Gasteiger partial charge in [-0.15, -0.1) is 0 Å². The third-order valence-corrected chi connectivity index (χ3v) is 4.05. The quantitative estimate of drug-likeness (QED) is 0.684. The fourth-order valence-corrected chi connectivity index (χ4v) is 2.92. The molecule has 1 aromatic heterocycles. The van der Waals surface area contributed by atoms with Crippen molar-refractivity contribution in [1.29, 1.82) is 0 Å². The first-order valence-electron chi connectivity index (χ1n) is 7.42. The molecule has 1 aliphatic rings. The lowest BCUT2D eigenvalue weighted by molar-refractivity contribution is 0.244. The lowest BCUT2D eigenvalue weighted by Gasteiger charge is -2.23. The highest BCUT2D eigenvalue weighted by Crippen LogP contribution is 2.21. The van der Waals surface area contributed by atoms with E-state index in [1.165, 1.54) is 19.3 Å². The highest BCUT2D eigenvalue weighted by molar-refractivity contribution is 5.93. The summed E-state index contributed by atoms with van der Waals surface area (Å²) in [5.74, 6) is 0. The summed E-state index contributed by atoms with van der Waals surface area (Å²) in [6, 6.07) is 3.73. The molecule has 2 amide bonds. The molecule has 0 unspecified atom stereocenters. The number of carbonyl (C=O) groups excluding carboxylic acids is 1. The van der Waals surface area contributed by atoms with Gasteiger partial charge in [0, 0.05) is 11.7 Å². The Hall–Kier alpha value is -2.24. The maximum Gasteiger partial charge on any atom is 0.323 e. The molecule has 0 spiro atoms. The Balaban J connectivity index is 1.72. The van der Waals surface area contributed by atoms with Crippen LogP contribution in [0.4, 0.5) is 10.5 Å². The summed E-state index contributed by atoms with van der Waals surface area (Å²) in [6.07, 6.45) is 5.73. The first kappa shape index (κ1) is 13.7. The van der Waals surface area contributed by atoms with Crippen molar-refractivity contribution in [2.24, 2.45) is 0 Å². The van der Waals surface area contributed by atoms with Gasteiger partial charge in [0.25, 0.3) is 0 Å². The summed E-state index contributed by atoms with van der Waals surface area (Å²) < 4.78 is 0. The molecule has 0 atom stereocenters. The maximum absolute atomic E-state index is 12.1. The third-order valence-electron chi connectivity index (χ3n) is 4.05. The Morgan fingerprint density at radius 2 is 1.81 bits per heavy atom. The van der Waals surface area contributed by atoms with E-state index in [1.54, 1.807) is 6.07 Å². The molecule has 1 saturated carbocycles. The zero-order valence-electron chi connectivity index (χ0n) is 12.1. The molecule has 1 fully saturated rings. The van der Waals surface area contributed by atoms with Crippen LogP contribution in [-0.4, -0.2) is 22.0 Å². The van der Waals surface area contributed by atoms with Gasteiger partial charge in [0.2, 0.25) is 0 Å². The molecule has 1 aliphatic carbocycles. The number of H-pyrrole nitrogens is 2. The van der Waals surface area contributed by atoms with Gasteiger partial charge in [-0.2, -0.15) is 0 Å². The number of aryl methyl sites for hydroxylation is 1. The minimum absolute atomic E-state index is 0.178. The van der Waals surface area contributed by atoms with Crippen LogP contribution in [0.15, 0.2) is 16.9 Å². The fraction of sp³-hybridized carbons (Fsp3) is 0.467. The van der Waals surface area contributed by atoms with Crippen molar-refractivity contribution in [3.63, 3.8) is 0 Å². The van der Waals surface area contributed by atoms with Crippen molar-refractivity contribution < 1.29 is 4.79 Å². The first-order valence-corrected chi connectivity index (χ1v) is 7.42. The van der Waals surface area contributed by atoms with Gasteiger partial charge in [-0.05, 0) is 37.5 Å². The van der Waals surface area contributed by atoms with Crippen LogP contribution in [-0.2, 0) is 0 Å². The molecule has 0 radical (unpaired) electrons. The van der Waals surface area contributed by atoms with Gasteiger partial charge in [-0.1, -0.05) is 19.3 Å². The molecule has 3 rings (SSSR count). The summed E-state index contributed by atoms with van der Waals surface area (Å²) in [7, 11) is 0. The second kappa shape index (κ2) is 5.63. The van der Waals surface area contributed by atoms with Crippen molar-refractivity contribution in [2.45, 2.75) is 45.1 Å². The molecule has 1 aromatic carbocycles. The van der Waals surface area contributed by atoms with E-state index in [1.807, 2.05) is 13.0 Å². The molecule has 6 heteroatoms. The average molecular weight is 288 g/mol. The molecular weight excluding hydrogens is 268 g/mol. The highest BCUT2D eigenvalue weighted by Gasteiger charge is 2.16. The van der Waals surface area contributed by atoms with Crippen molar-refractivity contribution in [2.75, 3.05) is 5.32 Å². The normalized spacial score (nSPS) is 16.0. The summed E-state index contributed by atoms with van der Waals surface area (Å²) in [4.78, 5) is 28.8. The predicted molar refractivity (Wildman–Crippen MR) is 82.7 cm³/mol. The molecule has 4 N–H and O–H groups in total. The standard InChI is InChI=1S/C15H20N4O2/c1-9-7-12-13(19-15(21)18-12)8-11(9)17-14(20)16-10-5-3-2-4-6-10/h7-8,10H,2-6H2,1H3,(H2,16,17,20)(H2,18,19,21). The molecule has 6 nitrogen and oxygen atoms in total. The van der Waals surface area contributed by atoms with E-state index in [4.69, 9.17) is 0 Å². The number of imidazole rings is 1. The van der Waals surface area contributed by atoms with Gasteiger partial charge in [-0.3, -0.25) is 0 Å². The highest BCUT2D eigenvalue weighted by atomic mass is 16.2. The molecule has 112 valence electrons. The largest absolute Gasteiger partial charge is 0.335 e. The first-order chi connectivity index (χ1) is 10.1. The summed E-state index contributed by atoms with van der Waals surface area (Å²) in [5.41, 5.74) is 2.82. The van der Waals surface area contributed by atoms with E-state index in [2.05, 4.69) is 20.6 Å². The monoisotopic (exact) mass is 288 g/mol. The van der Waals surface area contributed by atoms with E-state index >= 15 is 0 Å². The summed E-state index contributed by atoms with van der Waals surface area (Å²) >= 11 is 0. The van der Waals surface area contributed by atoms with E-state index in [0.29, 0.717) is 11.2 Å². The Morgan fingerprint density at radius 3 is 2.52 bits per heavy atom. The molecule has 0 bridgehead atoms. The van der Waals surface area contributed by atoms with Crippen molar-refractivity contribution in [3.05, 3.63) is 28.2 Å². The van der Waals surface area contributed by atoms with Crippen LogP contribution in [0, 0.1) is 6.92 Å². The number of fused-ring (bicyclic) bond motifs is 1. The Bertz CT molecular complexity index is 710. The number of nitrogens with one attached hydrogen (secondary N) is 4. The molecule has 0 aliphatic heterocycles. The second-order valence-corrected chi connectivity index (χ2v) is 5.73. The fourth-order valence-electron chi connectivity index (χ4n) is 2.92. The van der Waals surface area contributed by atoms with E-state index in [-0.39, 0.29) is 17.8 Å². The average Bonchev–Trinajstić information content (AvgIpc) is 2.79. The van der Waals surface area contributed by atoms with Crippen LogP contribution in [0.3, 0.4) is 0 Å². The predicted octanol–water partition coefficient (Wildman–Crippen LogP) is 2.62. The zero-order valence-corrected chi connectivity index (χ0v) is 12.1. The summed E-state index contributed by atoms with van der Waals surface area (Å²) in [6.45, 7) is 1.90. The van der Waals surface area contributed by atoms with E-state index in [0.717, 1.165) is 23.9 Å². The molecule has 0 saturated heterocycles. The van der Waals surface area contributed by atoms with Crippen molar-refractivity contribution in [1.82, 2.24) is 15.3 Å². The number of anilines is 1. The van der Waals surface area contributed by atoms with Crippen molar-refractivity contribution >= 4 is 22.8 Å². The van der Waals surface area contributed by atoms with Crippen LogP contribution in [0.2, 0.25) is 0 Å². The number of urea groups is 1. The van der Waals surface area contributed by atoms with Crippen LogP contribution in [0.1, 0.15) is 37.7 Å². The lowest BCUT2D eigenvalue weighted by Crippen LogP contribution is -2.39. The SMILES string of the molecule is Cc1cc2[nH]c(=O)[nH]c2cc1NC(=O)NC1CCCCC1. The van der Waals surface area contributed by atoms with Crippen LogP contribution in [0.25, 0.3) is 11.0 Å². The van der Waals surface area contributed by atoms with Gasteiger partial charge >= 0.3 is 11.7 Å². The number of benzene rings is 1. The minimum atomic E-state index is -0.242. The number of amides is 2. The molecular formula is C15H20N4O2. The Labute approximate surface area is 122 Å². The second-order valence-electron chi connectivity index (χ2n) is 5.73. The molecule has 1 heterocycles. The number of hydrogen-bond donors (Lipinski definition) is 4. The van der Waals surface area contributed by atoms with Gasteiger partial charge in [0.15, 0.2) is 0 Å². The number of rotatable bonds is 2.